The molecular weight excluding hydrogens is 377 g/mol. The number of nitrogen functional groups attached to an aromatic ring is 1. The van der Waals surface area contributed by atoms with Crippen molar-refractivity contribution in [3.8, 4) is 11.4 Å². The van der Waals surface area contributed by atoms with Crippen LogP contribution in [0.1, 0.15) is 23.7 Å². The zero-order valence-corrected chi connectivity index (χ0v) is 16.0. The zero-order valence-electron chi connectivity index (χ0n) is 15.2. The minimum atomic E-state index is -0.467. The summed E-state index contributed by atoms with van der Waals surface area (Å²) < 4.78 is 14.9. The molecule has 1 amide bonds. The van der Waals surface area contributed by atoms with Gasteiger partial charge in [-0.15, -0.1) is 10.2 Å². The van der Waals surface area contributed by atoms with Crippen molar-refractivity contribution in [2.45, 2.75) is 23.2 Å². The Morgan fingerprint density at radius 3 is 2.54 bits per heavy atom. The van der Waals surface area contributed by atoms with Gasteiger partial charge in [0.1, 0.15) is 11.1 Å². The van der Waals surface area contributed by atoms with Crippen molar-refractivity contribution in [1.82, 2.24) is 19.8 Å². The molecular formula is C20H20FN5OS. The summed E-state index contributed by atoms with van der Waals surface area (Å²) in [7, 11) is 0. The van der Waals surface area contributed by atoms with Gasteiger partial charge in [0.25, 0.3) is 0 Å². The van der Waals surface area contributed by atoms with Crippen LogP contribution < -0.4 is 5.84 Å². The molecule has 1 saturated heterocycles. The molecule has 1 aliphatic rings. The Labute approximate surface area is 166 Å². The maximum atomic E-state index is 13.5. The van der Waals surface area contributed by atoms with Gasteiger partial charge in [-0.05, 0) is 30.5 Å². The van der Waals surface area contributed by atoms with Crippen LogP contribution in [0.25, 0.3) is 11.4 Å². The largest absolute Gasteiger partial charge is 0.341 e. The number of hydrogen-bond donors (Lipinski definition) is 1. The van der Waals surface area contributed by atoms with Gasteiger partial charge < -0.3 is 10.7 Å². The number of nitrogens with two attached hydrogens (primary N) is 1. The minimum Gasteiger partial charge on any atom is -0.341 e. The summed E-state index contributed by atoms with van der Waals surface area (Å²) in [6.07, 6.45) is 2.05. The SMILES string of the molecule is Nn1c(S[C@H](C(=O)N2CCCC2)c2ccccc2)nnc1-c1cccc(F)c1. The van der Waals surface area contributed by atoms with Crippen LogP contribution in [0.2, 0.25) is 0 Å². The van der Waals surface area contributed by atoms with Gasteiger partial charge >= 0.3 is 0 Å². The average molecular weight is 397 g/mol. The van der Waals surface area contributed by atoms with E-state index in [1.165, 1.54) is 28.6 Å². The van der Waals surface area contributed by atoms with E-state index < -0.39 is 5.25 Å². The lowest BCUT2D eigenvalue weighted by Gasteiger charge is -2.22. The number of amides is 1. The highest BCUT2D eigenvalue weighted by molar-refractivity contribution is 8.00. The lowest BCUT2D eigenvalue weighted by molar-refractivity contribution is -0.129. The van der Waals surface area contributed by atoms with Gasteiger partial charge in [-0.3, -0.25) is 4.79 Å². The average Bonchev–Trinajstić information content (AvgIpc) is 3.37. The number of likely N-dealkylation sites (tertiary alicyclic amines) is 1. The monoisotopic (exact) mass is 397 g/mol. The number of carbonyl (C=O) groups excluding carboxylic acids is 1. The number of benzene rings is 2. The molecule has 1 aliphatic heterocycles. The van der Waals surface area contributed by atoms with E-state index in [9.17, 15) is 9.18 Å². The molecule has 0 aliphatic carbocycles. The first-order valence-electron chi connectivity index (χ1n) is 9.10. The van der Waals surface area contributed by atoms with Gasteiger partial charge in [0.2, 0.25) is 11.1 Å². The first-order chi connectivity index (χ1) is 13.6. The fourth-order valence-electron chi connectivity index (χ4n) is 3.28. The second-order valence-electron chi connectivity index (χ2n) is 6.63. The van der Waals surface area contributed by atoms with E-state index in [1.807, 2.05) is 35.2 Å². The number of nitrogens with zero attached hydrogens (tertiary/aromatic N) is 4. The highest BCUT2D eigenvalue weighted by Gasteiger charge is 2.30. The summed E-state index contributed by atoms with van der Waals surface area (Å²) >= 11 is 1.26. The van der Waals surface area contributed by atoms with Crippen LogP contribution in [-0.4, -0.2) is 38.8 Å². The molecule has 6 nitrogen and oxygen atoms in total. The minimum absolute atomic E-state index is 0.0454. The van der Waals surface area contributed by atoms with Crippen molar-refractivity contribution in [3.05, 3.63) is 66.0 Å². The quantitative estimate of drug-likeness (QED) is 0.528. The van der Waals surface area contributed by atoms with Crippen molar-refractivity contribution in [2.24, 2.45) is 0 Å². The summed E-state index contributed by atoms with van der Waals surface area (Å²) in [5.74, 6) is 6.21. The maximum Gasteiger partial charge on any atom is 0.240 e. The summed E-state index contributed by atoms with van der Waals surface area (Å²) in [6.45, 7) is 1.54. The first-order valence-corrected chi connectivity index (χ1v) is 9.98. The Bertz CT molecular complexity index is 972. The van der Waals surface area contributed by atoms with Gasteiger partial charge in [-0.2, -0.15) is 0 Å². The molecule has 4 rings (SSSR count). The summed E-state index contributed by atoms with van der Waals surface area (Å²) in [6, 6.07) is 15.6. The molecule has 1 atom stereocenters. The molecule has 144 valence electrons. The van der Waals surface area contributed by atoms with Gasteiger partial charge in [0.05, 0.1) is 0 Å². The Morgan fingerprint density at radius 1 is 1.07 bits per heavy atom. The van der Waals surface area contributed by atoms with Gasteiger partial charge in [0, 0.05) is 18.7 Å². The molecule has 2 N–H and O–H groups in total. The number of rotatable bonds is 5. The van der Waals surface area contributed by atoms with E-state index in [4.69, 9.17) is 5.84 Å². The van der Waals surface area contributed by atoms with Crippen molar-refractivity contribution in [2.75, 3.05) is 18.9 Å². The third kappa shape index (κ3) is 3.73. The van der Waals surface area contributed by atoms with Crippen LogP contribution in [0, 0.1) is 5.82 Å². The molecule has 2 aromatic carbocycles. The molecule has 28 heavy (non-hydrogen) atoms. The predicted octanol–water partition coefficient (Wildman–Crippen LogP) is 3.25. The van der Waals surface area contributed by atoms with Crippen molar-refractivity contribution in [3.63, 3.8) is 0 Å². The van der Waals surface area contributed by atoms with Crippen LogP contribution in [0.5, 0.6) is 0 Å². The van der Waals surface area contributed by atoms with E-state index in [0.29, 0.717) is 16.5 Å². The zero-order chi connectivity index (χ0) is 19.5. The van der Waals surface area contributed by atoms with Crippen LogP contribution >= 0.6 is 11.8 Å². The molecule has 0 saturated carbocycles. The fraction of sp³-hybridized carbons (Fsp3) is 0.250. The molecule has 1 fully saturated rings. The summed E-state index contributed by atoms with van der Waals surface area (Å²) in [5.41, 5.74) is 1.42. The second-order valence-corrected chi connectivity index (χ2v) is 7.70. The Kier molecular flexibility index (Phi) is 5.29. The van der Waals surface area contributed by atoms with Crippen LogP contribution in [0.3, 0.4) is 0 Å². The predicted molar refractivity (Wildman–Crippen MR) is 106 cm³/mol. The smallest absolute Gasteiger partial charge is 0.240 e. The molecule has 0 spiro atoms. The third-order valence-corrected chi connectivity index (χ3v) is 5.91. The molecule has 0 unspecified atom stereocenters. The standard InChI is InChI=1S/C20H20FN5OS/c21-16-10-6-9-15(13-16)18-23-24-20(26(18)22)28-17(14-7-2-1-3-8-14)19(27)25-11-4-5-12-25/h1-3,6-10,13,17H,4-5,11-12,22H2/t17-/m0/s1. The van der Waals surface area contributed by atoms with Gasteiger partial charge in [-0.25, -0.2) is 9.07 Å². The number of hydrogen-bond acceptors (Lipinski definition) is 5. The first kappa shape index (κ1) is 18.5. The Hall–Kier alpha value is -2.87. The molecule has 0 bridgehead atoms. The van der Waals surface area contributed by atoms with Gasteiger partial charge in [0.15, 0.2) is 5.82 Å². The van der Waals surface area contributed by atoms with Crippen LogP contribution in [0.4, 0.5) is 4.39 Å². The lowest BCUT2D eigenvalue weighted by atomic mass is 10.1. The topological polar surface area (TPSA) is 77.0 Å². The second kappa shape index (κ2) is 8.02. The maximum absolute atomic E-state index is 13.5. The fourth-order valence-corrected chi connectivity index (χ4v) is 4.32. The van der Waals surface area contributed by atoms with Crippen LogP contribution in [0.15, 0.2) is 59.8 Å². The Balaban J connectivity index is 1.65. The van der Waals surface area contributed by atoms with Gasteiger partial charge in [-0.1, -0.05) is 54.2 Å². The highest BCUT2D eigenvalue weighted by atomic mass is 32.2. The Morgan fingerprint density at radius 2 is 1.82 bits per heavy atom. The van der Waals surface area contributed by atoms with E-state index >= 15 is 0 Å². The molecule has 1 aromatic heterocycles. The van der Waals surface area contributed by atoms with Crippen molar-refractivity contribution in [1.29, 1.82) is 0 Å². The number of carbonyl (C=O) groups is 1. The number of aromatic nitrogens is 3. The van der Waals surface area contributed by atoms with Crippen molar-refractivity contribution >= 4 is 17.7 Å². The molecule has 8 heteroatoms. The van der Waals surface area contributed by atoms with E-state index in [-0.39, 0.29) is 11.7 Å². The summed E-state index contributed by atoms with van der Waals surface area (Å²) in [4.78, 5) is 15.0. The van der Waals surface area contributed by atoms with Crippen molar-refractivity contribution < 1.29 is 9.18 Å². The van der Waals surface area contributed by atoms with E-state index in [0.717, 1.165) is 31.5 Å². The van der Waals surface area contributed by atoms with E-state index in [1.54, 1.807) is 12.1 Å². The summed E-state index contributed by atoms with van der Waals surface area (Å²) in [5, 5.41) is 8.20. The van der Waals surface area contributed by atoms with E-state index in [2.05, 4.69) is 10.2 Å². The molecule has 0 radical (unpaired) electrons. The normalized spacial score (nSPS) is 15.0. The molecule has 2 heterocycles. The number of halogens is 1. The lowest BCUT2D eigenvalue weighted by Crippen LogP contribution is -2.31. The van der Waals surface area contributed by atoms with Crippen LogP contribution in [-0.2, 0) is 4.79 Å². The number of thioether (sulfide) groups is 1. The highest BCUT2D eigenvalue weighted by Crippen LogP contribution is 2.37. The molecule has 3 aromatic rings. The third-order valence-electron chi connectivity index (χ3n) is 4.71.